The molecule has 0 aromatic heterocycles. The minimum atomic E-state index is -0.307. The lowest BCUT2D eigenvalue weighted by atomic mass is 9.83. The zero-order chi connectivity index (χ0) is 31.0. The summed E-state index contributed by atoms with van der Waals surface area (Å²) >= 11 is 0. The zero-order valence-corrected chi connectivity index (χ0v) is 26.5. The van der Waals surface area contributed by atoms with Gasteiger partial charge in [-0.15, -0.1) is 6.58 Å². The van der Waals surface area contributed by atoms with Gasteiger partial charge in [-0.1, -0.05) is 66.7 Å². The highest BCUT2D eigenvalue weighted by Gasteiger charge is 2.23. The molecule has 6 heteroatoms. The maximum atomic E-state index is 11.5. The quantitative estimate of drug-likeness (QED) is 0.253. The molecule has 0 saturated heterocycles. The van der Waals surface area contributed by atoms with Crippen LogP contribution in [0.25, 0.3) is 0 Å². The first kappa shape index (κ1) is 34.7. The van der Waals surface area contributed by atoms with Crippen molar-refractivity contribution in [1.29, 1.82) is 0 Å². The number of hydrogen-bond donors (Lipinski definition) is 2. The lowest BCUT2D eigenvalue weighted by Gasteiger charge is -2.24. The molecule has 0 unspecified atom stereocenters. The summed E-state index contributed by atoms with van der Waals surface area (Å²) in [7, 11) is 0. The van der Waals surface area contributed by atoms with Crippen LogP contribution in [-0.2, 0) is 43.1 Å². The second-order valence-corrected chi connectivity index (χ2v) is 12.5. The molecule has 0 saturated carbocycles. The van der Waals surface area contributed by atoms with E-state index in [2.05, 4.69) is 48.1 Å². The van der Waals surface area contributed by atoms with Gasteiger partial charge in [0.15, 0.2) is 0 Å². The van der Waals surface area contributed by atoms with Crippen molar-refractivity contribution in [3.8, 4) is 11.5 Å². The predicted octanol–water partition coefficient (Wildman–Crippen LogP) is 8.08. The molecular formula is C34H50O6. The molecular weight excluding hydrogens is 504 g/mol. The van der Waals surface area contributed by atoms with E-state index in [0.717, 1.165) is 50.9 Å². The van der Waals surface area contributed by atoms with E-state index in [4.69, 9.17) is 9.47 Å². The van der Waals surface area contributed by atoms with Gasteiger partial charge < -0.3 is 19.7 Å². The van der Waals surface area contributed by atoms with Crippen LogP contribution in [0.15, 0.2) is 24.8 Å². The molecule has 0 bridgehead atoms. The number of rotatable bonds is 8. The molecule has 0 fully saturated rings. The van der Waals surface area contributed by atoms with E-state index in [1.807, 2.05) is 46.8 Å². The smallest absolute Gasteiger partial charge is 0.309 e. The summed E-state index contributed by atoms with van der Waals surface area (Å²) in [5.41, 5.74) is 7.03. The molecule has 0 aliphatic heterocycles. The van der Waals surface area contributed by atoms with E-state index in [1.54, 1.807) is 0 Å². The number of carbonyl (C=O) groups excluding carboxylic acids is 2. The number of benzene rings is 2. The van der Waals surface area contributed by atoms with E-state index >= 15 is 0 Å². The van der Waals surface area contributed by atoms with Crippen LogP contribution < -0.4 is 0 Å². The summed E-state index contributed by atoms with van der Waals surface area (Å²) in [5, 5.41) is 20.7. The van der Waals surface area contributed by atoms with Crippen LogP contribution in [0.3, 0.4) is 0 Å². The van der Waals surface area contributed by atoms with E-state index in [9.17, 15) is 19.8 Å². The number of carbonyl (C=O) groups is 2. The average molecular weight is 555 g/mol. The molecule has 0 radical (unpaired) electrons. The first-order valence-corrected chi connectivity index (χ1v) is 13.9. The van der Waals surface area contributed by atoms with Crippen LogP contribution in [0.2, 0.25) is 0 Å². The number of phenolic OH excluding ortho intramolecular Hbond substituents is 2. The fraction of sp³-hybridized carbons (Fsp3) is 0.529. The summed E-state index contributed by atoms with van der Waals surface area (Å²) in [6, 6.07) is 3.96. The fourth-order valence-electron chi connectivity index (χ4n) is 4.37. The topological polar surface area (TPSA) is 93.1 Å². The Balaban J connectivity index is 0.000000400. The van der Waals surface area contributed by atoms with Crippen molar-refractivity contribution in [1.82, 2.24) is 0 Å². The zero-order valence-electron chi connectivity index (χ0n) is 26.5. The number of aromatic hydroxyl groups is 2. The molecule has 0 amide bonds. The standard InChI is InChI=1S/C17H26O3.C17H24O3/c2*1-7-8-15(18)20-10-13-11(2)9-14(17(4,5)6)16(19)12(13)3/h9,19H,7-8,10H2,1-6H3;7,9,19H,1,8,10H2,2-6H3. The Morgan fingerprint density at radius 1 is 0.775 bits per heavy atom. The number of hydrogen-bond acceptors (Lipinski definition) is 6. The highest BCUT2D eigenvalue weighted by molar-refractivity contribution is 5.71. The molecule has 222 valence electrons. The summed E-state index contributed by atoms with van der Waals surface area (Å²) < 4.78 is 10.4. The Labute approximate surface area is 241 Å². The molecule has 2 aromatic carbocycles. The lowest BCUT2D eigenvalue weighted by molar-refractivity contribution is -0.145. The second kappa shape index (κ2) is 14.4. The SMILES string of the molecule is C=CCC(=O)OCc1c(C)cc(C(C)(C)C)c(O)c1C.CCCC(=O)OCc1c(C)cc(C(C)(C)C)c(O)c1C. The van der Waals surface area contributed by atoms with Crippen molar-refractivity contribution in [2.75, 3.05) is 0 Å². The molecule has 0 aliphatic carbocycles. The van der Waals surface area contributed by atoms with Crippen LogP contribution >= 0.6 is 0 Å². The van der Waals surface area contributed by atoms with Crippen molar-refractivity contribution in [2.24, 2.45) is 0 Å². The van der Waals surface area contributed by atoms with E-state index < -0.39 is 0 Å². The molecule has 2 rings (SSSR count). The third-order valence-corrected chi connectivity index (χ3v) is 6.94. The predicted molar refractivity (Wildman–Crippen MR) is 162 cm³/mol. The number of esters is 2. The van der Waals surface area contributed by atoms with Crippen LogP contribution in [0.5, 0.6) is 11.5 Å². The average Bonchev–Trinajstić information content (AvgIpc) is 2.83. The Hall–Kier alpha value is -3.28. The number of aryl methyl sites for hydroxylation is 2. The van der Waals surface area contributed by atoms with Gasteiger partial charge in [0.05, 0.1) is 6.42 Å². The molecule has 6 nitrogen and oxygen atoms in total. The Kier molecular flexibility index (Phi) is 12.5. The molecule has 40 heavy (non-hydrogen) atoms. The fourth-order valence-corrected chi connectivity index (χ4v) is 4.37. The van der Waals surface area contributed by atoms with Crippen LogP contribution in [0.4, 0.5) is 0 Å². The maximum absolute atomic E-state index is 11.5. The van der Waals surface area contributed by atoms with E-state index in [-0.39, 0.29) is 48.2 Å². The van der Waals surface area contributed by atoms with E-state index in [0.29, 0.717) is 12.2 Å². The molecule has 2 aromatic rings. The molecule has 0 aliphatic rings. The summed E-state index contributed by atoms with van der Waals surface area (Å²) in [6.45, 7) is 25.9. The van der Waals surface area contributed by atoms with Gasteiger partial charge in [0.25, 0.3) is 0 Å². The van der Waals surface area contributed by atoms with Gasteiger partial charge in [-0.05, 0) is 89.5 Å². The number of ether oxygens (including phenoxy) is 2. The molecule has 2 N–H and O–H groups in total. The molecule has 0 spiro atoms. The first-order chi connectivity index (χ1) is 18.4. The Bertz CT molecular complexity index is 1210. The van der Waals surface area contributed by atoms with Gasteiger partial charge in [-0.25, -0.2) is 0 Å². The van der Waals surface area contributed by atoms with Gasteiger partial charge in [0.2, 0.25) is 0 Å². The summed E-state index contributed by atoms with van der Waals surface area (Å²) in [6.07, 6.45) is 2.93. The van der Waals surface area contributed by atoms with Crippen LogP contribution in [-0.4, -0.2) is 22.2 Å². The van der Waals surface area contributed by atoms with Gasteiger partial charge in [0, 0.05) is 6.42 Å². The molecule has 0 heterocycles. The van der Waals surface area contributed by atoms with Crippen molar-refractivity contribution in [3.63, 3.8) is 0 Å². The third kappa shape index (κ3) is 9.42. The van der Waals surface area contributed by atoms with Gasteiger partial charge in [0.1, 0.15) is 24.7 Å². The largest absolute Gasteiger partial charge is 0.507 e. The Morgan fingerprint density at radius 2 is 1.15 bits per heavy atom. The van der Waals surface area contributed by atoms with Crippen molar-refractivity contribution in [3.05, 3.63) is 69.3 Å². The van der Waals surface area contributed by atoms with Gasteiger partial charge in [-0.3, -0.25) is 9.59 Å². The van der Waals surface area contributed by atoms with Gasteiger partial charge in [-0.2, -0.15) is 0 Å². The Morgan fingerprint density at radius 3 is 1.48 bits per heavy atom. The normalized spacial score (nSPS) is 11.4. The first-order valence-electron chi connectivity index (χ1n) is 13.9. The minimum Gasteiger partial charge on any atom is -0.507 e. The van der Waals surface area contributed by atoms with Gasteiger partial charge >= 0.3 is 11.9 Å². The lowest BCUT2D eigenvalue weighted by Crippen LogP contribution is -2.14. The van der Waals surface area contributed by atoms with Crippen molar-refractivity contribution < 1.29 is 29.3 Å². The third-order valence-electron chi connectivity index (χ3n) is 6.94. The minimum absolute atomic E-state index is 0.114. The molecule has 0 atom stereocenters. The summed E-state index contributed by atoms with van der Waals surface area (Å²) in [4.78, 5) is 22.9. The van der Waals surface area contributed by atoms with Crippen molar-refractivity contribution >= 4 is 11.9 Å². The second-order valence-electron chi connectivity index (χ2n) is 12.5. The van der Waals surface area contributed by atoms with Crippen LogP contribution in [0.1, 0.15) is 112 Å². The highest BCUT2D eigenvalue weighted by Crippen LogP contribution is 2.37. The monoisotopic (exact) mass is 554 g/mol. The maximum Gasteiger partial charge on any atom is 0.309 e. The van der Waals surface area contributed by atoms with Crippen LogP contribution in [0, 0.1) is 27.7 Å². The highest BCUT2D eigenvalue weighted by atomic mass is 16.5. The van der Waals surface area contributed by atoms with E-state index in [1.165, 1.54) is 6.08 Å². The number of phenols is 2. The van der Waals surface area contributed by atoms with Crippen molar-refractivity contribution in [2.45, 2.75) is 119 Å². The summed E-state index contributed by atoms with van der Waals surface area (Å²) in [5.74, 6) is 0.103.